The lowest BCUT2D eigenvalue weighted by atomic mass is 10.0. The predicted molar refractivity (Wildman–Crippen MR) is 71.6 cm³/mol. The predicted octanol–water partition coefficient (Wildman–Crippen LogP) is 3.59. The topological polar surface area (TPSA) is 26.3 Å². The fourth-order valence-electron chi connectivity index (χ4n) is 2.08. The zero-order valence-corrected chi connectivity index (χ0v) is 10.8. The van der Waals surface area contributed by atoms with Gasteiger partial charge >= 0.3 is 0 Å². The second-order valence-corrected chi connectivity index (χ2v) is 5.26. The van der Waals surface area contributed by atoms with Crippen LogP contribution in [0.5, 0.6) is 5.75 Å². The molecule has 0 aromatic heterocycles. The molecule has 3 rings (SSSR count). The number of benzene rings is 2. The van der Waals surface area contributed by atoms with Crippen LogP contribution in [0.15, 0.2) is 52.3 Å². The van der Waals surface area contributed by atoms with E-state index in [-0.39, 0.29) is 5.78 Å². The van der Waals surface area contributed by atoms with Gasteiger partial charge in [-0.1, -0.05) is 36.0 Å². The van der Waals surface area contributed by atoms with Crippen LogP contribution in [0.4, 0.5) is 0 Å². The number of carbonyl (C=O) groups is 1. The van der Waals surface area contributed by atoms with Crippen LogP contribution in [0.3, 0.4) is 0 Å². The molecule has 0 unspecified atom stereocenters. The Morgan fingerprint density at radius 1 is 1.11 bits per heavy atom. The number of ether oxygens (including phenoxy) is 1. The lowest BCUT2D eigenvalue weighted by Crippen LogP contribution is -2.02. The van der Waals surface area contributed by atoms with E-state index in [1.807, 2.05) is 42.5 Å². The summed E-state index contributed by atoms with van der Waals surface area (Å²) < 4.78 is 5.24. The van der Waals surface area contributed by atoms with Gasteiger partial charge in [0.1, 0.15) is 5.75 Å². The monoisotopic (exact) mass is 256 g/mol. The van der Waals surface area contributed by atoms with Gasteiger partial charge in [-0.3, -0.25) is 4.79 Å². The first-order valence-electron chi connectivity index (χ1n) is 5.75. The minimum absolute atomic E-state index is 0.182. The first-order chi connectivity index (χ1) is 8.78. The van der Waals surface area contributed by atoms with E-state index in [1.54, 1.807) is 18.9 Å². The molecule has 0 N–H and O–H groups in total. The van der Waals surface area contributed by atoms with Crippen molar-refractivity contribution >= 4 is 17.5 Å². The van der Waals surface area contributed by atoms with Crippen molar-refractivity contribution in [3.8, 4) is 5.75 Å². The lowest BCUT2D eigenvalue weighted by Gasteiger charge is -2.07. The normalized spacial score (nSPS) is 13.5. The Bertz CT molecular complexity index is 620. The van der Waals surface area contributed by atoms with E-state index in [0.717, 1.165) is 26.7 Å². The smallest absolute Gasteiger partial charge is 0.168 e. The van der Waals surface area contributed by atoms with E-state index < -0.39 is 0 Å². The molecule has 1 heterocycles. The second kappa shape index (κ2) is 4.50. The Balaban J connectivity index is 2.13. The number of methoxy groups -OCH3 is 1. The number of hydrogen-bond donors (Lipinski definition) is 0. The summed E-state index contributed by atoms with van der Waals surface area (Å²) in [5.74, 6) is 1.01. The van der Waals surface area contributed by atoms with Crippen LogP contribution in [0.2, 0.25) is 0 Å². The highest BCUT2D eigenvalue weighted by atomic mass is 32.2. The van der Waals surface area contributed by atoms with Crippen LogP contribution in [0.25, 0.3) is 0 Å². The first kappa shape index (κ1) is 11.4. The lowest BCUT2D eigenvalue weighted by molar-refractivity contribution is 0.0990. The van der Waals surface area contributed by atoms with E-state index in [2.05, 4.69) is 0 Å². The zero-order chi connectivity index (χ0) is 12.5. The van der Waals surface area contributed by atoms with Gasteiger partial charge < -0.3 is 4.74 Å². The fraction of sp³-hybridized carbons (Fsp3) is 0.133. The van der Waals surface area contributed by atoms with Gasteiger partial charge in [-0.15, -0.1) is 0 Å². The van der Waals surface area contributed by atoms with Crippen LogP contribution in [0, 0.1) is 0 Å². The van der Waals surface area contributed by atoms with Gasteiger partial charge in [-0.25, -0.2) is 0 Å². The van der Waals surface area contributed by atoms with Gasteiger partial charge in [0, 0.05) is 21.8 Å². The summed E-state index contributed by atoms with van der Waals surface area (Å²) in [4.78, 5) is 14.3. The molecular weight excluding hydrogens is 244 g/mol. The third-order valence-electron chi connectivity index (χ3n) is 3.03. The summed E-state index contributed by atoms with van der Waals surface area (Å²) in [6.45, 7) is 0. The second-order valence-electron chi connectivity index (χ2n) is 4.17. The van der Waals surface area contributed by atoms with Crippen molar-refractivity contribution in [2.45, 2.75) is 16.2 Å². The molecule has 0 spiro atoms. The molecule has 0 saturated carbocycles. The Hall–Kier alpha value is -1.74. The van der Waals surface area contributed by atoms with Gasteiger partial charge in [0.2, 0.25) is 0 Å². The fourth-order valence-corrected chi connectivity index (χ4v) is 3.20. The number of ketones is 1. The van der Waals surface area contributed by atoms with Crippen LogP contribution in [-0.4, -0.2) is 12.9 Å². The molecule has 0 fully saturated rings. The third kappa shape index (κ3) is 1.91. The number of fused-ring (bicyclic) bond motifs is 2. The molecule has 0 amide bonds. The minimum Gasteiger partial charge on any atom is -0.497 e. The quantitative estimate of drug-likeness (QED) is 0.780. The maximum Gasteiger partial charge on any atom is 0.168 e. The van der Waals surface area contributed by atoms with Crippen molar-refractivity contribution in [1.29, 1.82) is 0 Å². The number of rotatable bonds is 1. The highest BCUT2D eigenvalue weighted by molar-refractivity contribution is 7.99. The summed E-state index contributed by atoms with van der Waals surface area (Å²) in [7, 11) is 1.65. The molecule has 0 radical (unpaired) electrons. The number of hydrogen-bond acceptors (Lipinski definition) is 3. The molecular formula is C15H12O2S. The molecule has 0 bridgehead atoms. The minimum atomic E-state index is 0.182. The zero-order valence-electron chi connectivity index (χ0n) is 9.97. The van der Waals surface area contributed by atoms with Crippen molar-refractivity contribution in [2.24, 2.45) is 0 Å². The summed E-state index contributed by atoms with van der Waals surface area (Å²) in [5.41, 5.74) is 1.89. The van der Waals surface area contributed by atoms with Crippen molar-refractivity contribution in [3.05, 3.63) is 53.6 Å². The average Bonchev–Trinajstić information content (AvgIpc) is 2.54. The molecule has 2 nitrogen and oxygen atoms in total. The highest BCUT2D eigenvalue weighted by Crippen LogP contribution is 2.38. The van der Waals surface area contributed by atoms with Crippen LogP contribution in [0.1, 0.15) is 15.9 Å². The van der Waals surface area contributed by atoms with E-state index in [1.165, 1.54) is 0 Å². The van der Waals surface area contributed by atoms with E-state index in [4.69, 9.17) is 4.74 Å². The van der Waals surface area contributed by atoms with Crippen LogP contribution < -0.4 is 4.74 Å². The van der Waals surface area contributed by atoms with Gasteiger partial charge in [0.25, 0.3) is 0 Å². The summed E-state index contributed by atoms with van der Waals surface area (Å²) >= 11 is 1.64. The van der Waals surface area contributed by atoms with E-state index >= 15 is 0 Å². The average molecular weight is 256 g/mol. The molecule has 18 heavy (non-hydrogen) atoms. The molecule has 0 aliphatic carbocycles. The molecule has 2 aromatic rings. The SMILES string of the molecule is COc1ccc2c(c1)Sc1ccccc1C(=O)C2. The summed E-state index contributed by atoms with van der Waals surface area (Å²) in [6.07, 6.45) is 0.462. The van der Waals surface area contributed by atoms with Crippen molar-refractivity contribution in [3.63, 3.8) is 0 Å². The largest absolute Gasteiger partial charge is 0.497 e. The number of carbonyl (C=O) groups excluding carboxylic acids is 1. The molecule has 0 saturated heterocycles. The summed E-state index contributed by atoms with van der Waals surface area (Å²) in [5, 5.41) is 0. The maximum absolute atomic E-state index is 12.2. The van der Waals surface area contributed by atoms with Gasteiger partial charge in [-0.2, -0.15) is 0 Å². The molecule has 1 aliphatic rings. The van der Waals surface area contributed by atoms with Gasteiger partial charge in [0.05, 0.1) is 7.11 Å². The molecule has 90 valence electrons. The third-order valence-corrected chi connectivity index (χ3v) is 4.21. The molecule has 3 heteroatoms. The Morgan fingerprint density at radius 3 is 2.78 bits per heavy atom. The van der Waals surface area contributed by atoms with Crippen molar-refractivity contribution in [1.82, 2.24) is 0 Å². The Kier molecular flexibility index (Phi) is 2.84. The van der Waals surface area contributed by atoms with Gasteiger partial charge in [-0.05, 0) is 23.8 Å². The summed E-state index contributed by atoms with van der Waals surface area (Å²) in [6, 6.07) is 13.6. The van der Waals surface area contributed by atoms with Crippen molar-refractivity contribution in [2.75, 3.05) is 7.11 Å². The first-order valence-corrected chi connectivity index (χ1v) is 6.56. The van der Waals surface area contributed by atoms with E-state index in [9.17, 15) is 4.79 Å². The Labute approximate surface area is 110 Å². The molecule has 0 atom stereocenters. The van der Waals surface area contributed by atoms with Crippen molar-refractivity contribution < 1.29 is 9.53 Å². The van der Waals surface area contributed by atoms with Gasteiger partial charge in [0.15, 0.2) is 5.78 Å². The van der Waals surface area contributed by atoms with Crippen LogP contribution >= 0.6 is 11.8 Å². The standard InChI is InChI=1S/C15H12O2S/c1-17-11-7-6-10-8-13(16)12-4-2-3-5-14(12)18-15(10)9-11/h2-7,9H,8H2,1H3. The molecule has 2 aromatic carbocycles. The maximum atomic E-state index is 12.2. The number of Topliss-reactive ketones (excluding diaryl/α,β-unsaturated/α-hetero) is 1. The van der Waals surface area contributed by atoms with Crippen LogP contribution in [-0.2, 0) is 6.42 Å². The van der Waals surface area contributed by atoms with E-state index in [0.29, 0.717) is 6.42 Å². The highest BCUT2D eigenvalue weighted by Gasteiger charge is 2.20. The molecule has 1 aliphatic heterocycles. The Morgan fingerprint density at radius 2 is 1.94 bits per heavy atom.